The van der Waals surface area contributed by atoms with E-state index in [4.69, 9.17) is 0 Å². The van der Waals surface area contributed by atoms with Crippen LogP contribution < -0.4 is 10.6 Å². The highest BCUT2D eigenvalue weighted by atomic mass is 19.4. The maximum absolute atomic E-state index is 13.5. The Morgan fingerprint density at radius 2 is 1.50 bits per heavy atom. The first-order valence-electron chi connectivity index (χ1n) is 9.33. The minimum Gasteiger partial charge on any atom is -0.334 e. The zero-order valence-electron chi connectivity index (χ0n) is 16.3. The van der Waals surface area contributed by atoms with Gasteiger partial charge in [0.2, 0.25) is 0 Å². The lowest BCUT2D eigenvalue weighted by molar-refractivity contribution is -0.139. The first kappa shape index (κ1) is 23.1. The van der Waals surface area contributed by atoms with Crippen molar-refractivity contribution in [3.63, 3.8) is 0 Å². The number of aromatic nitrogens is 1. The summed E-state index contributed by atoms with van der Waals surface area (Å²) < 4.78 is 79.3. The van der Waals surface area contributed by atoms with Crippen molar-refractivity contribution in [1.82, 2.24) is 15.6 Å². The van der Waals surface area contributed by atoms with Crippen LogP contribution in [-0.2, 0) is 18.9 Å². The molecule has 0 aliphatic rings. The number of rotatable bonds is 5. The molecule has 0 aliphatic heterocycles. The highest BCUT2D eigenvalue weighted by Crippen LogP contribution is 2.36. The summed E-state index contributed by atoms with van der Waals surface area (Å²) in [5.41, 5.74) is -1.84. The Hall–Kier alpha value is -3.56. The number of amides is 2. The minimum atomic E-state index is -4.78. The predicted octanol–water partition coefficient (Wildman–Crippen LogP) is 5.71. The van der Waals surface area contributed by atoms with Crippen LogP contribution in [0.4, 0.5) is 31.1 Å². The molecule has 3 aromatic rings. The average Bonchev–Trinajstić information content (AvgIpc) is 2.76. The third kappa shape index (κ3) is 5.77. The first-order valence-corrected chi connectivity index (χ1v) is 9.33. The number of nitrogens with one attached hydrogen (secondary N) is 2. The fourth-order valence-corrected chi connectivity index (χ4v) is 3.02. The van der Waals surface area contributed by atoms with Gasteiger partial charge in [-0.15, -0.1) is 0 Å². The molecule has 2 N–H and O–H groups in total. The summed E-state index contributed by atoms with van der Waals surface area (Å²) in [7, 11) is 0. The Bertz CT molecular complexity index is 1050. The van der Waals surface area contributed by atoms with Crippen LogP contribution in [0, 0.1) is 0 Å². The molecule has 2 aromatic carbocycles. The van der Waals surface area contributed by atoms with Crippen LogP contribution in [0.25, 0.3) is 0 Å². The van der Waals surface area contributed by atoms with E-state index in [0.29, 0.717) is 0 Å². The van der Waals surface area contributed by atoms with Gasteiger partial charge in [-0.2, -0.15) is 26.3 Å². The van der Waals surface area contributed by atoms with E-state index in [0.717, 1.165) is 48.2 Å². The second-order valence-electron chi connectivity index (χ2n) is 6.80. The van der Waals surface area contributed by atoms with Gasteiger partial charge in [0.05, 0.1) is 22.9 Å². The molecular weight excluding hydrogens is 436 g/mol. The Morgan fingerprint density at radius 1 is 0.844 bits per heavy atom. The van der Waals surface area contributed by atoms with Crippen molar-refractivity contribution in [2.45, 2.75) is 24.9 Å². The molecule has 168 valence electrons. The van der Waals surface area contributed by atoms with Crippen LogP contribution in [-0.4, -0.2) is 11.0 Å². The first-order chi connectivity index (χ1) is 15.1. The molecule has 3 rings (SSSR count). The summed E-state index contributed by atoms with van der Waals surface area (Å²) in [5, 5.41) is 4.92. The average molecular weight is 453 g/mol. The number of hydrogen-bond acceptors (Lipinski definition) is 2. The highest BCUT2D eigenvalue weighted by Gasteiger charge is 2.37. The molecule has 0 spiro atoms. The zero-order chi connectivity index (χ0) is 23.4. The van der Waals surface area contributed by atoms with Gasteiger partial charge >= 0.3 is 18.4 Å². The van der Waals surface area contributed by atoms with Crippen LogP contribution in [0.2, 0.25) is 0 Å². The Kier molecular flexibility index (Phi) is 6.71. The van der Waals surface area contributed by atoms with Gasteiger partial charge in [-0.1, -0.05) is 42.5 Å². The molecule has 0 saturated heterocycles. The van der Waals surface area contributed by atoms with Crippen LogP contribution in [0.5, 0.6) is 0 Å². The number of carbonyl (C=O) groups is 1. The summed E-state index contributed by atoms with van der Waals surface area (Å²) in [5.74, 6) is 0. The van der Waals surface area contributed by atoms with Gasteiger partial charge < -0.3 is 10.6 Å². The van der Waals surface area contributed by atoms with Crippen LogP contribution in [0.3, 0.4) is 0 Å². The number of urea groups is 1. The fraction of sp³-hybridized carbons (Fsp3) is 0.182. The van der Waals surface area contributed by atoms with Gasteiger partial charge in [-0.3, -0.25) is 4.98 Å². The van der Waals surface area contributed by atoms with Crippen molar-refractivity contribution in [2.24, 2.45) is 0 Å². The fourth-order valence-electron chi connectivity index (χ4n) is 3.02. The monoisotopic (exact) mass is 453 g/mol. The van der Waals surface area contributed by atoms with E-state index in [-0.39, 0.29) is 12.1 Å². The van der Waals surface area contributed by atoms with E-state index in [1.165, 1.54) is 0 Å². The van der Waals surface area contributed by atoms with E-state index < -0.39 is 41.2 Å². The lowest BCUT2D eigenvalue weighted by Gasteiger charge is -2.23. The third-order valence-corrected chi connectivity index (χ3v) is 4.56. The SMILES string of the molecule is O=C(NCc1ccccc1)NC(c1ccc(C(F)(F)F)cc1)c1ncccc1C(F)(F)F. The smallest absolute Gasteiger partial charge is 0.334 e. The van der Waals surface area contributed by atoms with Crippen molar-refractivity contribution in [3.05, 3.63) is 101 Å². The van der Waals surface area contributed by atoms with Gasteiger partial charge in [0, 0.05) is 12.7 Å². The molecule has 10 heteroatoms. The predicted molar refractivity (Wildman–Crippen MR) is 104 cm³/mol. The lowest BCUT2D eigenvalue weighted by Crippen LogP contribution is -2.39. The molecule has 1 heterocycles. The topological polar surface area (TPSA) is 54.0 Å². The van der Waals surface area contributed by atoms with Crippen LogP contribution in [0.1, 0.15) is 34.0 Å². The largest absolute Gasteiger partial charge is 0.418 e. The Labute approximate surface area is 179 Å². The van der Waals surface area contributed by atoms with E-state index in [2.05, 4.69) is 15.6 Å². The van der Waals surface area contributed by atoms with Crippen LogP contribution in [0.15, 0.2) is 72.9 Å². The Balaban J connectivity index is 1.92. The number of pyridine rings is 1. The number of nitrogens with zero attached hydrogens (tertiary/aromatic N) is 1. The maximum Gasteiger partial charge on any atom is 0.418 e. The van der Waals surface area contributed by atoms with Crippen LogP contribution >= 0.6 is 0 Å². The van der Waals surface area contributed by atoms with E-state index >= 15 is 0 Å². The molecule has 32 heavy (non-hydrogen) atoms. The number of benzene rings is 2. The lowest BCUT2D eigenvalue weighted by atomic mass is 9.98. The zero-order valence-corrected chi connectivity index (χ0v) is 16.3. The van der Waals surface area contributed by atoms with Gasteiger partial charge in [0.1, 0.15) is 0 Å². The van der Waals surface area contributed by atoms with E-state index in [9.17, 15) is 31.1 Å². The molecule has 0 saturated carbocycles. The second-order valence-corrected chi connectivity index (χ2v) is 6.80. The number of carbonyl (C=O) groups excluding carboxylic acids is 1. The highest BCUT2D eigenvalue weighted by molar-refractivity contribution is 5.75. The van der Waals surface area contributed by atoms with E-state index in [1.807, 2.05) is 0 Å². The molecule has 0 bridgehead atoms. The molecule has 0 aliphatic carbocycles. The molecule has 0 fully saturated rings. The van der Waals surface area contributed by atoms with E-state index in [1.54, 1.807) is 30.3 Å². The molecule has 1 aromatic heterocycles. The Morgan fingerprint density at radius 3 is 2.09 bits per heavy atom. The standard InChI is InChI=1S/C22H17F6N3O/c23-21(24,25)16-10-8-15(9-11-16)18(19-17(22(26,27)28)7-4-12-29-19)31-20(32)30-13-14-5-2-1-3-6-14/h1-12,18H,13H2,(H2,30,31,32). The molecular formula is C22H17F6N3O. The maximum atomic E-state index is 13.5. The summed E-state index contributed by atoms with van der Waals surface area (Å²) in [6.07, 6.45) is -8.28. The van der Waals surface area contributed by atoms with Gasteiger partial charge in [-0.25, -0.2) is 4.79 Å². The van der Waals surface area contributed by atoms with Gasteiger partial charge in [-0.05, 0) is 35.4 Å². The summed E-state index contributed by atoms with van der Waals surface area (Å²) >= 11 is 0. The van der Waals surface area contributed by atoms with Gasteiger partial charge in [0.25, 0.3) is 0 Å². The summed E-state index contributed by atoms with van der Waals surface area (Å²) in [6.45, 7) is 0.0980. The van der Waals surface area contributed by atoms with Gasteiger partial charge in [0.15, 0.2) is 0 Å². The normalized spacial score (nSPS) is 12.8. The minimum absolute atomic E-state index is 0.0112. The van der Waals surface area contributed by atoms with Crippen molar-refractivity contribution in [2.75, 3.05) is 0 Å². The summed E-state index contributed by atoms with van der Waals surface area (Å²) in [4.78, 5) is 16.2. The molecule has 1 unspecified atom stereocenters. The van der Waals surface area contributed by atoms with Crippen molar-refractivity contribution >= 4 is 6.03 Å². The second kappa shape index (κ2) is 9.29. The van der Waals surface area contributed by atoms with Crippen molar-refractivity contribution in [3.8, 4) is 0 Å². The number of alkyl halides is 6. The quantitative estimate of drug-likeness (QED) is 0.487. The molecule has 1 atom stereocenters. The summed E-state index contributed by atoms with van der Waals surface area (Å²) in [6, 6.07) is 11.9. The van der Waals surface area contributed by atoms with Crippen molar-refractivity contribution < 1.29 is 31.1 Å². The number of hydrogen-bond donors (Lipinski definition) is 2. The third-order valence-electron chi connectivity index (χ3n) is 4.56. The molecule has 0 radical (unpaired) electrons. The molecule has 4 nitrogen and oxygen atoms in total. The van der Waals surface area contributed by atoms with Crippen molar-refractivity contribution in [1.29, 1.82) is 0 Å². The molecule has 2 amide bonds. The number of halogens is 6.